The maximum absolute atomic E-state index is 5.67. The molecule has 1 atom stereocenters. The second-order valence-electron chi connectivity index (χ2n) is 4.59. The lowest BCUT2D eigenvalue weighted by atomic mass is 10.0. The molecule has 0 saturated heterocycles. The van der Waals surface area contributed by atoms with Crippen LogP contribution in [-0.4, -0.2) is 4.98 Å². The number of hydrazine groups is 1. The van der Waals surface area contributed by atoms with Crippen molar-refractivity contribution in [2.24, 2.45) is 5.84 Å². The van der Waals surface area contributed by atoms with Crippen LogP contribution in [0.1, 0.15) is 42.5 Å². The van der Waals surface area contributed by atoms with E-state index >= 15 is 0 Å². The molecular weight excluding hydrogens is 238 g/mol. The Labute approximate surface area is 114 Å². The number of hydrogen-bond donors (Lipinski definition) is 2. The lowest BCUT2D eigenvalue weighted by Gasteiger charge is -2.15. The maximum atomic E-state index is 5.67. The number of hydrogen-bond acceptors (Lipinski definition) is 4. The van der Waals surface area contributed by atoms with Gasteiger partial charge in [-0.2, -0.15) is 0 Å². The van der Waals surface area contributed by atoms with E-state index in [-0.39, 0.29) is 6.04 Å². The fraction of sp³-hybridized carbons (Fsp3) is 0.400. The molecule has 2 rings (SSSR count). The van der Waals surface area contributed by atoms with Crippen LogP contribution in [-0.2, 0) is 19.3 Å². The first-order valence-electron chi connectivity index (χ1n) is 6.74. The van der Waals surface area contributed by atoms with Crippen molar-refractivity contribution in [3.05, 3.63) is 53.2 Å². The van der Waals surface area contributed by atoms with Crippen molar-refractivity contribution in [1.29, 1.82) is 0 Å². The molecule has 0 aliphatic heterocycles. The smallest absolute Gasteiger partial charge is 0.108 e. The quantitative estimate of drug-likeness (QED) is 0.618. The van der Waals surface area contributed by atoms with Gasteiger partial charge in [-0.25, -0.2) is 0 Å². The van der Waals surface area contributed by atoms with E-state index in [1.807, 2.05) is 12.3 Å². The summed E-state index contributed by atoms with van der Waals surface area (Å²) in [7, 11) is 0. The van der Waals surface area contributed by atoms with Crippen LogP contribution in [0.2, 0.25) is 0 Å². The second kappa shape index (κ2) is 6.50. The zero-order valence-electron chi connectivity index (χ0n) is 11.5. The van der Waals surface area contributed by atoms with E-state index < -0.39 is 0 Å². The fourth-order valence-corrected chi connectivity index (χ4v) is 2.20. The molecule has 4 heteroatoms. The summed E-state index contributed by atoms with van der Waals surface area (Å²) < 4.78 is 5.45. The molecule has 0 bridgehead atoms. The highest BCUT2D eigenvalue weighted by atomic mass is 16.3. The van der Waals surface area contributed by atoms with Gasteiger partial charge < -0.3 is 4.42 Å². The molecule has 1 unspecified atom stereocenters. The predicted octanol–water partition coefficient (Wildman–Crippen LogP) is 2.55. The van der Waals surface area contributed by atoms with Gasteiger partial charge in [0.2, 0.25) is 0 Å². The number of aryl methyl sites for hydroxylation is 2. The van der Waals surface area contributed by atoms with Crippen molar-refractivity contribution in [3.63, 3.8) is 0 Å². The summed E-state index contributed by atoms with van der Waals surface area (Å²) in [5.74, 6) is 6.65. The average molecular weight is 259 g/mol. The summed E-state index contributed by atoms with van der Waals surface area (Å²) in [5, 5.41) is 0. The van der Waals surface area contributed by atoms with Crippen molar-refractivity contribution < 1.29 is 4.42 Å². The summed E-state index contributed by atoms with van der Waals surface area (Å²) in [4.78, 5) is 4.48. The highest BCUT2D eigenvalue weighted by Crippen LogP contribution is 2.22. The van der Waals surface area contributed by atoms with Gasteiger partial charge in [-0.15, -0.1) is 0 Å². The predicted molar refractivity (Wildman–Crippen MR) is 75.5 cm³/mol. The monoisotopic (exact) mass is 259 g/mol. The number of nitrogens with two attached hydrogens (primary N) is 1. The number of nitrogens with zero attached hydrogens (tertiary/aromatic N) is 1. The Morgan fingerprint density at radius 2 is 2.11 bits per heavy atom. The average Bonchev–Trinajstić information content (AvgIpc) is 2.93. The van der Waals surface area contributed by atoms with E-state index in [0.717, 1.165) is 36.3 Å². The van der Waals surface area contributed by atoms with E-state index in [2.05, 4.69) is 36.4 Å². The summed E-state index contributed by atoms with van der Waals surface area (Å²) in [5.41, 5.74) is 6.25. The molecule has 0 aliphatic carbocycles. The molecule has 0 radical (unpaired) electrons. The van der Waals surface area contributed by atoms with E-state index in [9.17, 15) is 0 Å². The molecule has 0 amide bonds. The molecular formula is C15H21N3O. The van der Waals surface area contributed by atoms with Crippen LogP contribution >= 0.6 is 0 Å². The molecule has 102 valence electrons. The van der Waals surface area contributed by atoms with Gasteiger partial charge in [-0.1, -0.05) is 19.9 Å². The summed E-state index contributed by atoms with van der Waals surface area (Å²) in [6, 6.07) is 6.19. The molecule has 0 saturated carbocycles. The number of pyridine rings is 1. The molecule has 0 aliphatic rings. The molecule has 0 aromatic carbocycles. The van der Waals surface area contributed by atoms with Gasteiger partial charge in [-0.05, 0) is 24.1 Å². The SMILES string of the molecule is CCc1ccc(CC(NN)c2ccoc2CC)nc1. The van der Waals surface area contributed by atoms with Crippen molar-refractivity contribution in [2.45, 2.75) is 39.2 Å². The molecule has 2 aromatic heterocycles. The zero-order valence-corrected chi connectivity index (χ0v) is 11.5. The number of furan rings is 1. The minimum atomic E-state index is 0.0358. The van der Waals surface area contributed by atoms with Crippen molar-refractivity contribution in [1.82, 2.24) is 10.4 Å². The molecule has 4 nitrogen and oxygen atoms in total. The van der Waals surface area contributed by atoms with E-state index in [4.69, 9.17) is 10.3 Å². The van der Waals surface area contributed by atoms with Gasteiger partial charge in [0.15, 0.2) is 0 Å². The van der Waals surface area contributed by atoms with E-state index in [1.54, 1.807) is 6.26 Å². The molecule has 19 heavy (non-hydrogen) atoms. The van der Waals surface area contributed by atoms with Gasteiger partial charge in [0, 0.05) is 30.3 Å². The van der Waals surface area contributed by atoms with Crippen LogP contribution in [0.4, 0.5) is 0 Å². The van der Waals surface area contributed by atoms with Crippen LogP contribution in [0.3, 0.4) is 0 Å². The Kier molecular flexibility index (Phi) is 4.71. The van der Waals surface area contributed by atoms with Crippen molar-refractivity contribution in [3.8, 4) is 0 Å². The minimum absolute atomic E-state index is 0.0358. The summed E-state index contributed by atoms with van der Waals surface area (Å²) in [6.07, 6.45) is 6.27. The van der Waals surface area contributed by atoms with Crippen molar-refractivity contribution in [2.75, 3.05) is 0 Å². The molecule has 2 heterocycles. The van der Waals surface area contributed by atoms with Crippen molar-refractivity contribution >= 4 is 0 Å². The number of nitrogens with one attached hydrogen (secondary N) is 1. The Morgan fingerprint density at radius 1 is 1.26 bits per heavy atom. The van der Waals surface area contributed by atoms with Gasteiger partial charge in [0.1, 0.15) is 5.76 Å². The van der Waals surface area contributed by atoms with Crippen LogP contribution in [0.15, 0.2) is 35.1 Å². The topological polar surface area (TPSA) is 64.1 Å². The third kappa shape index (κ3) is 3.22. The second-order valence-corrected chi connectivity index (χ2v) is 4.59. The standard InChI is InChI=1S/C15H21N3O/c1-3-11-5-6-12(17-10-11)9-14(18-16)13-7-8-19-15(13)4-2/h5-8,10,14,18H,3-4,9,16H2,1-2H3. The maximum Gasteiger partial charge on any atom is 0.108 e. The largest absolute Gasteiger partial charge is 0.469 e. The lowest BCUT2D eigenvalue weighted by molar-refractivity contribution is 0.486. The third-order valence-corrected chi connectivity index (χ3v) is 3.39. The molecule has 3 N–H and O–H groups in total. The van der Waals surface area contributed by atoms with E-state index in [1.165, 1.54) is 5.56 Å². The lowest BCUT2D eigenvalue weighted by Crippen LogP contribution is -2.30. The molecule has 0 fully saturated rings. The molecule has 2 aromatic rings. The molecule has 0 spiro atoms. The van der Waals surface area contributed by atoms with Crippen LogP contribution in [0, 0.1) is 0 Å². The van der Waals surface area contributed by atoms with Crippen LogP contribution < -0.4 is 11.3 Å². The Morgan fingerprint density at radius 3 is 2.68 bits per heavy atom. The Hall–Kier alpha value is -1.65. The first-order valence-corrected chi connectivity index (χ1v) is 6.74. The van der Waals surface area contributed by atoms with Crippen LogP contribution in [0.25, 0.3) is 0 Å². The number of rotatable bonds is 6. The number of aromatic nitrogens is 1. The van der Waals surface area contributed by atoms with Gasteiger partial charge >= 0.3 is 0 Å². The van der Waals surface area contributed by atoms with Gasteiger partial charge in [-0.3, -0.25) is 16.3 Å². The Bertz CT molecular complexity index is 504. The minimum Gasteiger partial charge on any atom is -0.469 e. The first-order chi connectivity index (χ1) is 9.28. The fourth-order valence-electron chi connectivity index (χ4n) is 2.20. The third-order valence-electron chi connectivity index (χ3n) is 3.39. The normalized spacial score (nSPS) is 12.6. The van der Waals surface area contributed by atoms with Crippen LogP contribution in [0.5, 0.6) is 0 Å². The first kappa shape index (κ1) is 13.8. The zero-order chi connectivity index (χ0) is 13.7. The summed E-state index contributed by atoms with van der Waals surface area (Å²) >= 11 is 0. The van der Waals surface area contributed by atoms with E-state index in [0.29, 0.717) is 0 Å². The summed E-state index contributed by atoms with van der Waals surface area (Å²) in [6.45, 7) is 4.20. The highest BCUT2D eigenvalue weighted by molar-refractivity contribution is 5.24. The van der Waals surface area contributed by atoms with Gasteiger partial charge in [0.05, 0.1) is 12.3 Å². The van der Waals surface area contributed by atoms with Gasteiger partial charge in [0.25, 0.3) is 0 Å². The highest BCUT2D eigenvalue weighted by Gasteiger charge is 2.16. The Balaban J connectivity index is 2.14.